The van der Waals surface area contributed by atoms with Crippen LogP contribution in [0.5, 0.6) is 23.0 Å². The van der Waals surface area contributed by atoms with Gasteiger partial charge in [0.25, 0.3) is 11.8 Å². The Morgan fingerprint density at radius 3 is 2.12 bits per heavy atom. The number of ether oxygens (including phenoxy) is 4. The molecule has 0 spiro atoms. The number of para-hydroxylation sites is 2. The molecule has 4 rings (SSSR count). The molecule has 0 saturated carbocycles. The first-order valence-electron chi connectivity index (χ1n) is 12.4. The van der Waals surface area contributed by atoms with Crippen LogP contribution in [0.25, 0.3) is 11.1 Å². The lowest BCUT2D eigenvalue weighted by Gasteiger charge is -2.12. The van der Waals surface area contributed by atoms with Crippen LogP contribution in [0.15, 0.2) is 102 Å². The van der Waals surface area contributed by atoms with Gasteiger partial charge in [0.15, 0.2) is 24.7 Å². The highest BCUT2D eigenvalue weighted by Gasteiger charge is 2.11. The standard InChI is InChI=1S/C31H29N3O6/c1-37-27-11-7-6-10-26(27)33-30(35)20-40-28-17-12-22(18-29(28)38-2)19-32-34-31(36)21-39-25-15-13-24(14-16-25)23-8-4-3-5-9-23/h3-19H,20-21H2,1-2H3,(H,33,35)(H,34,36)/b32-19+. The van der Waals surface area contributed by atoms with Crippen LogP contribution in [0.1, 0.15) is 5.56 Å². The number of hydrazone groups is 1. The van der Waals surface area contributed by atoms with Crippen molar-refractivity contribution in [2.45, 2.75) is 0 Å². The Morgan fingerprint density at radius 1 is 0.700 bits per heavy atom. The average Bonchev–Trinajstić information content (AvgIpc) is 3.00. The molecule has 0 bridgehead atoms. The van der Waals surface area contributed by atoms with Crippen molar-refractivity contribution >= 4 is 23.7 Å². The SMILES string of the molecule is COc1ccccc1NC(=O)COc1ccc(/C=N/NC(=O)COc2ccc(-c3ccccc3)cc2)cc1OC. The molecule has 0 saturated heterocycles. The number of methoxy groups -OCH3 is 2. The quantitative estimate of drug-likeness (QED) is 0.196. The predicted molar refractivity (Wildman–Crippen MR) is 153 cm³/mol. The van der Waals surface area contributed by atoms with Crippen LogP contribution in [0.4, 0.5) is 5.69 Å². The van der Waals surface area contributed by atoms with Crippen LogP contribution in [-0.4, -0.2) is 45.5 Å². The molecular formula is C31H29N3O6. The first kappa shape index (κ1) is 27.7. The lowest BCUT2D eigenvalue weighted by atomic mass is 10.1. The van der Waals surface area contributed by atoms with E-state index in [0.29, 0.717) is 34.2 Å². The minimum absolute atomic E-state index is 0.185. The normalized spacial score (nSPS) is 10.6. The number of nitrogens with zero attached hydrogens (tertiary/aromatic N) is 1. The second-order valence-electron chi connectivity index (χ2n) is 8.42. The molecule has 204 valence electrons. The van der Waals surface area contributed by atoms with E-state index in [-0.39, 0.29) is 19.1 Å². The van der Waals surface area contributed by atoms with E-state index < -0.39 is 5.91 Å². The molecule has 0 aliphatic carbocycles. The topological polar surface area (TPSA) is 107 Å². The summed E-state index contributed by atoms with van der Waals surface area (Å²) in [7, 11) is 3.02. The van der Waals surface area contributed by atoms with Gasteiger partial charge in [-0.2, -0.15) is 5.10 Å². The first-order valence-corrected chi connectivity index (χ1v) is 12.4. The van der Waals surface area contributed by atoms with Crippen molar-refractivity contribution in [2.75, 3.05) is 32.8 Å². The van der Waals surface area contributed by atoms with Gasteiger partial charge in [0, 0.05) is 0 Å². The predicted octanol–water partition coefficient (Wildman–Crippen LogP) is 4.92. The van der Waals surface area contributed by atoms with Crippen LogP contribution < -0.4 is 29.7 Å². The van der Waals surface area contributed by atoms with Crippen molar-refractivity contribution in [1.29, 1.82) is 0 Å². The molecule has 0 radical (unpaired) electrons. The number of rotatable bonds is 12. The second kappa shape index (κ2) is 14.0. The van der Waals surface area contributed by atoms with Crippen LogP contribution in [0, 0.1) is 0 Å². The van der Waals surface area contributed by atoms with Crippen molar-refractivity contribution in [3.05, 3.63) is 103 Å². The molecule has 0 aromatic heterocycles. The van der Waals surface area contributed by atoms with Gasteiger partial charge in [-0.15, -0.1) is 0 Å². The van der Waals surface area contributed by atoms with Crippen molar-refractivity contribution in [3.63, 3.8) is 0 Å². The van der Waals surface area contributed by atoms with E-state index in [1.54, 1.807) is 36.4 Å². The Balaban J connectivity index is 1.24. The van der Waals surface area contributed by atoms with Crippen LogP contribution in [-0.2, 0) is 9.59 Å². The van der Waals surface area contributed by atoms with Crippen molar-refractivity contribution in [2.24, 2.45) is 5.10 Å². The number of carbonyl (C=O) groups excluding carboxylic acids is 2. The summed E-state index contributed by atoms with van der Waals surface area (Å²) >= 11 is 0. The smallest absolute Gasteiger partial charge is 0.277 e. The Kier molecular flexibility index (Phi) is 9.71. The van der Waals surface area contributed by atoms with Gasteiger partial charge >= 0.3 is 0 Å². The zero-order chi connectivity index (χ0) is 28.2. The van der Waals surface area contributed by atoms with Gasteiger partial charge in [0.05, 0.1) is 26.1 Å². The highest BCUT2D eigenvalue weighted by Crippen LogP contribution is 2.28. The summed E-state index contributed by atoms with van der Waals surface area (Å²) in [6, 6.07) is 29.6. The van der Waals surface area contributed by atoms with Gasteiger partial charge in [-0.3, -0.25) is 9.59 Å². The summed E-state index contributed by atoms with van der Waals surface area (Å²) in [6.45, 7) is -0.415. The molecule has 0 aliphatic rings. The first-order chi connectivity index (χ1) is 19.6. The van der Waals surface area contributed by atoms with E-state index in [0.717, 1.165) is 11.1 Å². The monoisotopic (exact) mass is 539 g/mol. The van der Waals surface area contributed by atoms with Crippen molar-refractivity contribution < 1.29 is 28.5 Å². The summed E-state index contributed by atoms with van der Waals surface area (Å²) in [5.74, 6) is 1.16. The lowest BCUT2D eigenvalue weighted by molar-refractivity contribution is -0.123. The number of nitrogens with one attached hydrogen (secondary N) is 2. The summed E-state index contributed by atoms with van der Waals surface area (Å²) in [5.41, 5.74) is 5.80. The lowest BCUT2D eigenvalue weighted by Crippen LogP contribution is -2.24. The Labute approximate surface area is 232 Å². The maximum absolute atomic E-state index is 12.3. The summed E-state index contributed by atoms with van der Waals surface area (Å²) in [4.78, 5) is 24.5. The third kappa shape index (κ3) is 7.84. The maximum atomic E-state index is 12.3. The van der Waals surface area contributed by atoms with E-state index in [4.69, 9.17) is 18.9 Å². The van der Waals surface area contributed by atoms with Crippen LogP contribution >= 0.6 is 0 Å². The fourth-order valence-corrected chi connectivity index (χ4v) is 3.70. The fraction of sp³-hybridized carbons (Fsp3) is 0.129. The number of hydrogen-bond donors (Lipinski definition) is 2. The number of carbonyl (C=O) groups is 2. The number of benzene rings is 4. The molecule has 40 heavy (non-hydrogen) atoms. The van der Waals surface area contributed by atoms with E-state index in [9.17, 15) is 9.59 Å². The van der Waals surface area contributed by atoms with Gasteiger partial charge in [0.2, 0.25) is 0 Å². The molecule has 9 heteroatoms. The number of hydrogen-bond acceptors (Lipinski definition) is 7. The molecule has 2 N–H and O–H groups in total. The van der Waals surface area contributed by atoms with Crippen LogP contribution in [0.3, 0.4) is 0 Å². The highest BCUT2D eigenvalue weighted by molar-refractivity contribution is 5.93. The molecule has 2 amide bonds. The maximum Gasteiger partial charge on any atom is 0.277 e. The molecule has 0 fully saturated rings. The summed E-state index contributed by atoms with van der Waals surface area (Å²) < 4.78 is 21.8. The van der Waals surface area contributed by atoms with Crippen LogP contribution in [0.2, 0.25) is 0 Å². The van der Waals surface area contributed by atoms with Gasteiger partial charge in [0.1, 0.15) is 11.5 Å². The largest absolute Gasteiger partial charge is 0.495 e. The highest BCUT2D eigenvalue weighted by atomic mass is 16.5. The molecular weight excluding hydrogens is 510 g/mol. The third-order valence-electron chi connectivity index (χ3n) is 5.66. The number of anilines is 1. The Morgan fingerprint density at radius 2 is 1.38 bits per heavy atom. The molecule has 0 aliphatic heterocycles. The van der Waals surface area contributed by atoms with Gasteiger partial charge < -0.3 is 24.3 Å². The zero-order valence-electron chi connectivity index (χ0n) is 22.1. The molecule has 0 unspecified atom stereocenters. The van der Waals surface area contributed by atoms with Gasteiger partial charge in [-0.25, -0.2) is 5.43 Å². The van der Waals surface area contributed by atoms with Gasteiger partial charge in [-0.05, 0) is 59.2 Å². The fourth-order valence-electron chi connectivity index (χ4n) is 3.70. The molecule has 4 aromatic rings. The summed E-state index contributed by atoms with van der Waals surface area (Å²) in [5, 5.41) is 6.72. The minimum Gasteiger partial charge on any atom is -0.495 e. The van der Waals surface area contributed by atoms with E-state index in [1.807, 2.05) is 60.7 Å². The summed E-state index contributed by atoms with van der Waals surface area (Å²) in [6.07, 6.45) is 1.47. The van der Waals surface area contributed by atoms with E-state index in [1.165, 1.54) is 20.4 Å². The minimum atomic E-state index is -0.406. The second-order valence-corrected chi connectivity index (χ2v) is 8.42. The molecule has 0 atom stereocenters. The van der Waals surface area contributed by atoms with Crippen molar-refractivity contribution in [1.82, 2.24) is 5.43 Å². The van der Waals surface area contributed by atoms with E-state index in [2.05, 4.69) is 15.8 Å². The third-order valence-corrected chi connectivity index (χ3v) is 5.66. The van der Waals surface area contributed by atoms with Gasteiger partial charge in [-0.1, -0.05) is 54.6 Å². The molecule has 9 nitrogen and oxygen atoms in total. The van der Waals surface area contributed by atoms with Crippen molar-refractivity contribution in [3.8, 4) is 34.1 Å². The Hall–Kier alpha value is -5.31. The number of amides is 2. The molecule has 4 aromatic carbocycles. The molecule has 0 heterocycles. The zero-order valence-corrected chi connectivity index (χ0v) is 22.1. The Bertz CT molecular complexity index is 1460. The average molecular weight is 540 g/mol. The van der Waals surface area contributed by atoms with E-state index >= 15 is 0 Å².